The number of carbonyl (C=O) groups excluding carboxylic acids is 1. The first-order valence-electron chi connectivity index (χ1n) is 11.3. The third-order valence-electron chi connectivity index (χ3n) is 5.94. The van der Waals surface area contributed by atoms with Crippen LogP contribution in [0.25, 0.3) is 0 Å². The first-order chi connectivity index (χ1) is 14.6. The van der Waals surface area contributed by atoms with Crippen molar-refractivity contribution < 1.29 is 9.53 Å². The SMILES string of the molecule is CC(C)Oc1cccc(CN2CCC[C@H]([C@@H](NC(=O)C3CC3)c3ccccn3)C2)c1. The Hall–Kier alpha value is -2.40. The van der Waals surface area contributed by atoms with Crippen molar-refractivity contribution in [3.63, 3.8) is 0 Å². The van der Waals surface area contributed by atoms with E-state index in [9.17, 15) is 4.79 Å². The predicted octanol–water partition coefficient (Wildman–Crippen LogP) is 4.35. The van der Waals surface area contributed by atoms with Crippen molar-refractivity contribution >= 4 is 5.91 Å². The number of benzene rings is 1. The molecule has 2 heterocycles. The number of carbonyl (C=O) groups is 1. The van der Waals surface area contributed by atoms with Crippen molar-refractivity contribution in [3.05, 3.63) is 59.9 Å². The molecule has 1 N–H and O–H groups in total. The van der Waals surface area contributed by atoms with Crippen LogP contribution in [0.2, 0.25) is 0 Å². The maximum absolute atomic E-state index is 12.6. The van der Waals surface area contributed by atoms with Crippen molar-refractivity contribution in [2.75, 3.05) is 13.1 Å². The third-order valence-corrected chi connectivity index (χ3v) is 5.94. The van der Waals surface area contributed by atoms with Crippen LogP contribution in [0.1, 0.15) is 56.8 Å². The molecule has 2 fully saturated rings. The quantitative estimate of drug-likeness (QED) is 0.707. The van der Waals surface area contributed by atoms with Gasteiger partial charge in [-0.25, -0.2) is 0 Å². The van der Waals surface area contributed by atoms with Crippen molar-refractivity contribution in [2.45, 2.75) is 58.2 Å². The second-order valence-corrected chi connectivity index (χ2v) is 8.97. The zero-order valence-corrected chi connectivity index (χ0v) is 18.1. The Kier molecular flexibility index (Phi) is 6.68. The number of hydrogen-bond acceptors (Lipinski definition) is 4. The molecule has 1 aliphatic carbocycles. The molecule has 1 aromatic carbocycles. The van der Waals surface area contributed by atoms with Crippen molar-refractivity contribution in [3.8, 4) is 5.75 Å². The first kappa shape index (κ1) is 20.9. The number of piperidine rings is 1. The van der Waals surface area contributed by atoms with Crippen LogP contribution >= 0.6 is 0 Å². The molecule has 1 saturated carbocycles. The zero-order valence-electron chi connectivity index (χ0n) is 18.1. The third kappa shape index (κ3) is 5.60. The van der Waals surface area contributed by atoms with Crippen molar-refractivity contribution in [1.82, 2.24) is 15.2 Å². The molecule has 1 aromatic heterocycles. The van der Waals surface area contributed by atoms with E-state index in [0.29, 0.717) is 5.92 Å². The number of rotatable bonds is 8. The second-order valence-electron chi connectivity index (χ2n) is 8.97. The lowest BCUT2D eigenvalue weighted by Crippen LogP contribution is -2.43. The molecule has 1 aliphatic heterocycles. The first-order valence-corrected chi connectivity index (χ1v) is 11.3. The maximum Gasteiger partial charge on any atom is 0.223 e. The number of nitrogens with zero attached hydrogens (tertiary/aromatic N) is 2. The lowest BCUT2D eigenvalue weighted by atomic mass is 9.88. The van der Waals surface area contributed by atoms with Gasteiger partial charge >= 0.3 is 0 Å². The minimum absolute atomic E-state index is 0.0160. The lowest BCUT2D eigenvalue weighted by molar-refractivity contribution is -0.123. The summed E-state index contributed by atoms with van der Waals surface area (Å²) in [6.45, 7) is 7.04. The molecule has 2 aromatic rings. The van der Waals surface area contributed by atoms with Crippen LogP contribution in [0.15, 0.2) is 48.7 Å². The number of nitrogens with one attached hydrogen (secondary N) is 1. The average Bonchev–Trinajstić information content (AvgIpc) is 3.58. The summed E-state index contributed by atoms with van der Waals surface area (Å²) in [4.78, 5) is 19.7. The number of hydrogen-bond donors (Lipinski definition) is 1. The van der Waals surface area contributed by atoms with E-state index in [-0.39, 0.29) is 24.0 Å². The van der Waals surface area contributed by atoms with Gasteiger partial charge in [0.1, 0.15) is 5.75 Å². The topological polar surface area (TPSA) is 54.5 Å². The van der Waals surface area contributed by atoms with Gasteiger partial charge in [0.2, 0.25) is 5.91 Å². The Bertz CT molecular complexity index is 835. The fourth-order valence-corrected chi connectivity index (χ4v) is 4.36. The molecule has 0 spiro atoms. The van der Waals surface area contributed by atoms with Gasteiger partial charge in [-0.1, -0.05) is 18.2 Å². The normalized spacial score (nSPS) is 20.7. The summed E-state index contributed by atoms with van der Waals surface area (Å²) in [7, 11) is 0. The van der Waals surface area contributed by atoms with Gasteiger partial charge in [-0.2, -0.15) is 0 Å². The summed E-state index contributed by atoms with van der Waals surface area (Å²) in [6.07, 6.45) is 6.29. The lowest BCUT2D eigenvalue weighted by Gasteiger charge is -2.37. The van der Waals surface area contributed by atoms with Gasteiger partial charge in [-0.05, 0) is 81.8 Å². The van der Waals surface area contributed by atoms with E-state index in [4.69, 9.17) is 4.74 Å². The number of aromatic nitrogens is 1. The standard InChI is InChI=1S/C25H33N3O2/c1-18(2)30-22-9-5-7-19(15-22)16-28-14-6-8-21(17-28)24(23-10-3-4-13-26-23)27-25(29)20-11-12-20/h3-5,7,9-10,13,15,18,20-21,24H,6,8,11-12,14,16-17H2,1-2H3,(H,27,29)/t21-,24+/m0/s1. The Labute approximate surface area is 179 Å². The number of likely N-dealkylation sites (tertiary alicyclic amines) is 1. The van der Waals surface area contributed by atoms with Crippen LogP contribution in [-0.2, 0) is 11.3 Å². The van der Waals surface area contributed by atoms with Crippen LogP contribution in [0, 0.1) is 11.8 Å². The molecule has 2 atom stereocenters. The van der Waals surface area contributed by atoms with Gasteiger partial charge in [0.25, 0.3) is 0 Å². The van der Waals surface area contributed by atoms with Crippen LogP contribution in [0.4, 0.5) is 0 Å². The van der Waals surface area contributed by atoms with E-state index < -0.39 is 0 Å². The molecule has 0 unspecified atom stereocenters. The van der Waals surface area contributed by atoms with Crippen LogP contribution in [-0.4, -0.2) is 35.0 Å². The molecule has 2 aliphatic rings. The Morgan fingerprint density at radius 2 is 2.07 bits per heavy atom. The zero-order chi connectivity index (χ0) is 20.9. The van der Waals surface area contributed by atoms with E-state index in [2.05, 4.69) is 47.2 Å². The van der Waals surface area contributed by atoms with Gasteiger partial charge in [-0.15, -0.1) is 0 Å². The number of amides is 1. The molecule has 1 saturated heterocycles. The molecule has 1 amide bonds. The maximum atomic E-state index is 12.6. The highest BCUT2D eigenvalue weighted by Gasteiger charge is 2.35. The molecule has 0 radical (unpaired) electrons. The molecular weight excluding hydrogens is 374 g/mol. The van der Waals surface area contributed by atoms with E-state index in [0.717, 1.165) is 56.8 Å². The van der Waals surface area contributed by atoms with E-state index in [1.165, 1.54) is 5.56 Å². The van der Waals surface area contributed by atoms with E-state index in [1.54, 1.807) is 0 Å². The number of ether oxygens (including phenoxy) is 1. The highest BCUT2D eigenvalue weighted by molar-refractivity contribution is 5.81. The van der Waals surface area contributed by atoms with E-state index >= 15 is 0 Å². The summed E-state index contributed by atoms with van der Waals surface area (Å²) in [6, 6.07) is 14.4. The average molecular weight is 408 g/mol. The minimum Gasteiger partial charge on any atom is -0.491 e. The van der Waals surface area contributed by atoms with Crippen LogP contribution in [0.5, 0.6) is 5.75 Å². The second kappa shape index (κ2) is 9.61. The van der Waals surface area contributed by atoms with Gasteiger partial charge in [0, 0.05) is 25.2 Å². The minimum atomic E-state index is -0.0160. The molecule has 160 valence electrons. The summed E-state index contributed by atoms with van der Waals surface area (Å²) < 4.78 is 5.86. The van der Waals surface area contributed by atoms with Crippen molar-refractivity contribution in [1.29, 1.82) is 0 Å². The van der Waals surface area contributed by atoms with Gasteiger partial charge < -0.3 is 10.1 Å². The van der Waals surface area contributed by atoms with Gasteiger partial charge in [-0.3, -0.25) is 14.7 Å². The number of pyridine rings is 1. The Morgan fingerprint density at radius 3 is 2.80 bits per heavy atom. The summed E-state index contributed by atoms with van der Waals surface area (Å²) in [5, 5.41) is 3.33. The molecule has 5 heteroatoms. The van der Waals surface area contributed by atoms with Crippen molar-refractivity contribution in [2.24, 2.45) is 11.8 Å². The van der Waals surface area contributed by atoms with Gasteiger partial charge in [0.05, 0.1) is 17.8 Å². The molecule has 30 heavy (non-hydrogen) atoms. The van der Waals surface area contributed by atoms with Crippen LogP contribution in [0.3, 0.4) is 0 Å². The molecular formula is C25H33N3O2. The smallest absolute Gasteiger partial charge is 0.223 e. The summed E-state index contributed by atoms with van der Waals surface area (Å²) in [5.41, 5.74) is 2.25. The van der Waals surface area contributed by atoms with Gasteiger partial charge in [0.15, 0.2) is 0 Å². The molecule has 0 bridgehead atoms. The molecule has 5 nitrogen and oxygen atoms in total. The summed E-state index contributed by atoms with van der Waals surface area (Å²) >= 11 is 0. The van der Waals surface area contributed by atoms with Crippen LogP contribution < -0.4 is 10.1 Å². The monoisotopic (exact) mass is 407 g/mol. The highest BCUT2D eigenvalue weighted by atomic mass is 16.5. The highest BCUT2D eigenvalue weighted by Crippen LogP contribution is 2.33. The largest absolute Gasteiger partial charge is 0.491 e. The summed E-state index contributed by atoms with van der Waals surface area (Å²) in [5.74, 6) is 1.70. The van der Waals surface area contributed by atoms with E-state index in [1.807, 2.05) is 30.5 Å². The fraction of sp³-hybridized carbons (Fsp3) is 0.520. The fourth-order valence-electron chi connectivity index (χ4n) is 4.36. The predicted molar refractivity (Wildman–Crippen MR) is 118 cm³/mol. The Morgan fingerprint density at radius 1 is 1.20 bits per heavy atom. The molecule has 4 rings (SSSR count). The Balaban J connectivity index is 1.45.